The van der Waals surface area contributed by atoms with Crippen LogP contribution in [0.15, 0.2) is 12.2 Å². The first kappa shape index (κ1) is 27.6. The summed E-state index contributed by atoms with van der Waals surface area (Å²) < 4.78 is 28.6. The van der Waals surface area contributed by atoms with E-state index in [1.807, 2.05) is 0 Å². The quantitative estimate of drug-likeness (QED) is 0.129. The smallest absolute Gasteiger partial charge is 0.462 e. The van der Waals surface area contributed by atoms with Gasteiger partial charge in [0.25, 0.3) is 0 Å². The van der Waals surface area contributed by atoms with Crippen molar-refractivity contribution in [3.05, 3.63) is 12.2 Å². The second-order valence-corrected chi connectivity index (χ2v) is 7.85. The van der Waals surface area contributed by atoms with Gasteiger partial charge in [-0.05, 0) is 19.8 Å². The van der Waals surface area contributed by atoms with Gasteiger partial charge in [-0.1, -0.05) is 45.1 Å². The summed E-state index contributed by atoms with van der Waals surface area (Å²) in [5.74, 6) is -0.326. The molecule has 0 aromatic heterocycles. The molecule has 0 heterocycles. The van der Waals surface area contributed by atoms with E-state index < -0.39 is 15.6 Å². The van der Waals surface area contributed by atoms with Crippen molar-refractivity contribution >= 4 is 21.6 Å². The molecular formula is C14H30O10P2. The van der Waals surface area contributed by atoms with Crippen LogP contribution in [-0.2, 0) is 23.2 Å². The molecule has 0 spiro atoms. The van der Waals surface area contributed by atoms with Gasteiger partial charge < -0.3 is 29.2 Å². The molecule has 156 valence electrons. The maximum atomic E-state index is 11.1. The Bertz CT molecular complexity index is 474. The van der Waals surface area contributed by atoms with Crippen molar-refractivity contribution in [1.29, 1.82) is 0 Å². The first-order chi connectivity index (χ1) is 11.8. The van der Waals surface area contributed by atoms with Gasteiger partial charge >= 0.3 is 21.6 Å². The van der Waals surface area contributed by atoms with Crippen LogP contribution in [0.3, 0.4) is 0 Å². The molecule has 0 aromatic rings. The topological polar surface area (TPSA) is 171 Å². The number of ether oxygens (including phenoxy) is 1. The van der Waals surface area contributed by atoms with Crippen molar-refractivity contribution < 1.29 is 47.7 Å². The Kier molecular flexibility index (Phi) is 16.5. The summed E-state index contributed by atoms with van der Waals surface area (Å²) in [6, 6.07) is 0. The van der Waals surface area contributed by atoms with Gasteiger partial charge in [-0.2, -0.15) is 0 Å². The second kappa shape index (κ2) is 15.5. The summed E-state index contributed by atoms with van der Waals surface area (Å²) in [4.78, 5) is 49.6. The monoisotopic (exact) mass is 420 g/mol. The summed E-state index contributed by atoms with van der Waals surface area (Å²) >= 11 is 0. The Hall–Kier alpha value is -0.570. The predicted molar refractivity (Wildman–Crippen MR) is 95.0 cm³/mol. The molecule has 0 fully saturated rings. The lowest BCUT2D eigenvalue weighted by molar-refractivity contribution is -0.139. The molecular weight excluding hydrogens is 390 g/mol. The van der Waals surface area contributed by atoms with Gasteiger partial charge in [-0.15, -0.1) is 0 Å². The molecule has 0 rings (SSSR count). The van der Waals surface area contributed by atoms with Gasteiger partial charge in [0.15, 0.2) is 0 Å². The highest BCUT2D eigenvalue weighted by molar-refractivity contribution is 7.46. The van der Waals surface area contributed by atoms with Gasteiger partial charge in [0, 0.05) is 5.57 Å². The number of hydrogen-bond donors (Lipinski definition) is 5. The number of esters is 1. The van der Waals surface area contributed by atoms with Gasteiger partial charge in [-0.25, -0.2) is 13.9 Å². The van der Waals surface area contributed by atoms with E-state index in [-0.39, 0.29) is 12.6 Å². The Morgan fingerprint density at radius 2 is 1.15 bits per heavy atom. The molecule has 0 aliphatic heterocycles. The Morgan fingerprint density at radius 1 is 0.808 bits per heavy atom. The molecule has 0 amide bonds. The molecule has 5 N–H and O–H groups in total. The van der Waals surface area contributed by atoms with Crippen LogP contribution in [-0.4, -0.2) is 43.7 Å². The van der Waals surface area contributed by atoms with Crippen molar-refractivity contribution in [2.45, 2.75) is 58.3 Å². The molecule has 0 saturated heterocycles. The Balaban J connectivity index is 0. The summed E-state index contributed by atoms with van der Waals surface area (Å²) in [5.41, 5.74) is 0.428. The van der Waals surface area contributed by atoms with Gasteiger partial charge in [0.2, 0.25) is 0 Å². The Morgan fingerprint density at radius 3 is 1.50 bits per heavy atom. The highest BCUT2D eigenvalue weighted by atomic mass is 31.2. The predicted octanol–water partition coefficient (Wildman–Crippen LogP) is 2.41. The molecule has 0 atom stereocenters. The minimum atomic E-state index is -4.64. The van der Waals surface area contributed by atoms with Gasteiger partial charge in [0.05, 0.1) is 13.2 Å². The lowest BCUT2D eigenvalue weighted by Gasteiger charge is -2.05. The first-order valence-electron chi connectivity index (χ1n) is 8.14. The van der Waals surface area contributed by atoms with Crippen LogP contribution >= 0.6 is 15.6 Å². The van der Waals surface area contributed by atoms with Gasteiger partial charge in [0.1, 0.15) is 0 Å². The zero-order chi connectivity index (χ0) is 20.6. The van der Waals surface area contributed by atoms with Crippen LogP contribution in [0.4, 0.5) is 0 Å². The van der Waals surface area contributed by atoms with Crippen LogP contribution in [0, 0.1) is 0 Å². The molecule has 0 radical (unpaired) electrons. The van der Waals surface area contributed by atoms with Crippen LogP contribution in [0.5, 0.6) is 0 Å². The highest BCUT2D eigenvalue weighted by Gasteiger charge is 2.12. The summed E-state index contributed by atoms with van der Waals surface area (Å²) in [6.45, 7) is 5.70. The molecule has 10 nitrogen and oxygen atoms in total. The molecule has 26 heavy (non-hydrogen) atoms. The number of hydrogen-bond acceptors (Lipinski definition) is 5. The average Bonchev–Trinajstić information content (AvgIpc) is 2.45. The minimum Gasteiger partial charge on any atom is -0.462 e. The van der Waals surface area contributed by atoms with E-state index in [2.05, 4.69) is 11.1 Å². The van der Waals surface area contributed by atoms with E-state index in [1.165, 1.54) is 0 Å². The van der Waals surface area contributed by atoms with Crippen LogP contribution in [0.25, 0.3) is 0 Å². The lowest BCUT2D eigenvalue weighted by atomic mass is 10.1. The third-order valence-electron chi connectivity index (χ3n) is 2.88. The maximum absolute atomic E-state index is 11.1. The van der Waals surface area contributed by atoms with E-state index in [0.29, 0.717) is 18.6 Å². The van der Waals surface area contributed by atoms with Crippen molar-refractivity contribution in [2.24, 2.45) is 0 Å². The van der Waals surface area contributed by atoms with E-state index >= 15 is 0 Å². The summed E-state index contributed by atoms with van der Waals surface area (Å²) in [5, 5.41) is 0. The number of phosphoric ester groups is 1. The van der Waals surface area contributed by atoms with Crippen LogP contribution in [0.1, 0.15) is 58.3 Å². The average molecular weight is 420 g/mol. The normalized spacial score (nSPS) is 11.5. The second-order valence-electron chi connectivity index (χ2n) is 5.58. The minimum absolute atomic E-state index is 0.109. The van der Waals surface area contributed by atoms with E-state index in [4.69, 9.17) is 33.8 Å². The largest absolute Gasteiger partial charge is 0.469 e. The number of carbonyl (C=O) groups is 1. The third-order valence-corrected chi connectivity index (χ3v) is 3.40. The number of unbranched alkanes of at least 4 members (excludes halogenated alkanes) is 7. The molecule has 0 aliphatic rings. The molecule has 0 unspecified atom stereocenters. The van der Waals surface area contributed by atoms with Crippen molar-refractivity contribution in [1.82, 2.24) is 0 Å². The summed E-state index contributed by atoms with van der Waals surface area (Å²) in [6.07, 6.45) is 7.84. The molecule has 0 saturated carbocycles. The Labute approximate surface area is 153 Å². The molecule has 0 aliphatic carbocycles. The number of phosphoric acid groups is 2. The lowest BCUT2D eigenvalue weighted by Crippen LogP contribution is -2.05. The molecule has 12 heteroatoms. The number of rotatable bonds is 13. The third kappa shape index (κ3) is 31.2. The fourth-order valence-corrected chi connectivity index (χ4v) is 2.10. The van der Waals surface area contributed by atoms with Crippen molar-refractivity contribution in [3.8, 4) is 0 Å². The zero-order valence-corrected chi connectivity index (χ0v) is 16.7. The highest BCUT2D eigenvalue weighted by Crippen LogP contribution is 2.35. The molecule has 0 aromatic carbocycles. The van der Waals surface area contributed by atoms with Crippen molar-refractivity contribution in [3.63, 3.8) is 0 Å². The number of carbonyl (C=O) groups excluding carboxylic acids is 1. The van der Waals surface area contributed by atoms with Crippen LogP contribution < -0.4 is 0 Å². The maximum Gasteiger partial charge on any atom is 0.469 e. The van der Waals surface area contributed by atoms with E-state index in [0.717, 1.165) is 44.9 Å². The fraction of sp³-hybridized carbons (Fsp3) is 0.786. The van der Waals surface area contributed by atoms with Gasteiger partial charge in [-0.3, -0.25) is 4.52 Å². The first-order valence-corrected chi connectivity index (χ1v) is 11.2. The fourth-order valence-electron chi connectivity index (χ4n) is 1.74. The standard InChI is InChI=1S/C14H27O6P.H3O4P/c1-13(2)14(15)19-11-9-7-5-3-4-6-8-10-12-20-21(16,17)18;1-5(2,3)4/h1,3-12H2,2H3,(H2,16,17,18);(H3,1,2,3,4). The van der Waals surface area contributed by atoms with E-state index in [9.17, 15) is 9.36 Å². The van der Waals surface area contributed by atoms with E-state index in [1.54, 1.807) is 6.92 Å². The molecule has 0 bridgehead atoms. The SMILES string of the molecule is C=C(C)C(=O)OCCCCCCCCCCOP(=O)(O)O.O=P(O)(O)O. The summed E-state index contributed by atoms with van der Waals surface area (Å²) in [7, 11) is -8.94. The van der Waals surface area contributed by atoms with Crippen LogP contribution in [0.2, 0.25) is 0 Å². The zero-order valence-electron chi connectivity index (χ0n) is 14.9. The van der Waals surface area contributed by atoms with Crippen molar-refractivity contribution in [2.75, 3.05) is 13.2 Å².